The van der Waals surface area contributed by atoms with Crippen molar-refractivity contribution in [3.63, 3.8) is 0 Å². The van der Waals surface area contributed by atoms with E-state index in [1.807, 2.05) is 42.5 Å². The molecule has 1 atom stereocenters. The van der Waals surface area contributed by atoms with Crippen LogP contribution in [0.3, 0.4) is 0 Å². The maximum absolute atomic E-state index is 12.4. The largest absolute Gasteiger partial charge is 0.573 e. The predicted octanol–water partition coefficient (Wildman–Crippen LogP) is 5.82. The number of nitrogens with zero attached hydrogens (tertiary/aromatic N) is 5. The van der Waals surface area contributed by atoms with Gasteiger partial charge in [0, 0.05) is 56.4 Å². The van der Waals surface area contributed by atoms with Crippen LogP contribution in [0.5, 0.6) is 23.3 Å². The van der Waals surface area contributed by atoms with Crippen molar-refractivity contribution in [3.05, 3.63) is 100 Å². The second-order valence-corrected chi connectivity index (χ2v) is 11.1. The third-order valence-electron chi connectivity index (χ3n) is 7.76. The van der Waals surface area contributed by atoms with Crippen LogP contribution in [0.15, 0.2) is 79.0 Å². The summed E-state index contributed by atoms with van der Waals surface area (Å²) in [6, 6.07) is 21.7. The Morgan fingerprint density at radius 1 is 0.891 bits per heavy atom. The lowest BCUT2D eigenvalue weighted by Gasteiger charge is -2.36. The van der Waals surface area contributed by atoms with Gasteiger partial charge < -0.3 is 34.0 Å². The van der Waals surface area contributed by atoms with Crippen LogP contribution in [-0.4, -0.2) is 64.6 Å². The Morgan fingerprint density at radius 2 is 1.63 bits per heavy atom. The third-order valence-corrected chi connectivity index (χ3v) is 7.76. The summed E-state index contributed by atoms with van der Waals surface area (Å²) in [6.07, 6.45) is -2.90. The normalized spacial score (nSPS) is 16.8. The summed E-state index contributed by atoms with van der Waals surface area (Å²) in [5, 5.41) is 11.0. The Bertz CT molecular complexity index is 1620. The Balaban J connectivity index is 0.928. The van der Waals surface area contributed by atoms with Crippen LogP contribution in [0, 0.1) is 10.1 Å². The van der Waals surface area contributed by atoms with Crippen molar-refractivity contribution in [2.75, 3.05) is 37.7 Å². The van der Waals surface area contributed by atoms with Gasteiger partial charge in [-0.1, -0.05) is 24.3 Å². The molecule has 242 valence electrons. The molecule has 1 fully saturated rings. The minimum Gasteiger partial charge on any atom is -0.490 e. The Morgan fingerprint density at radius 3 is 2.35 bits per heavy atom. The highest BCUT2D eigenvalue weighted by Crippen LogP contribution is 2.27. The Labute approximate surface area is 262 Å². The lowest BCUT2D eigenvalue weighted by Crippen LogP contribution is -2.45. The molecule has 0 amide bonds. The molecule has 0 N–H and O–H groups in total. The zero-order valence-electron chi connectivity index (χ0n) is 24.8. The minimum atomic E-state index is -4.72. The number of imidazole rings is 1. The molecule has 0 bridgehead atoms. The van der Waals surface area contributed by atoms with Gasteiger partial charge >= 0.3 is 18.2 Å². The van der Waals surface area contributed by atoms with Crippen LogP contribution >= 0.6 is 0 Å². The van der Waals surface area contributed by atoms with Gasteiger partial charge in [0.2, 0.25) is 0 Å². The smallest absolute Gasteiger partial charge is 0.490 e. The predicted molar refractivity (Wildman–Crippen MR) is 161 cm³/mol. The van der Waals surface area contributed by atoms with Crippen molar-refractivity contribution in [1.82, 2.24) is 14.5 Å². The number of nitro groups is 1. The highest BCUT2D eigenvalue weighted by atomic mass is 19.4. The zero-order valence-corrected chi connectivity index (χ0v) is 24.8. The fourth-order valence-electron chi connectivity index (χ4n) is 5.39. The average Bonchev–Trinajstić information content (AvgIpc) is 3.48. The third kappa shape index (κ3) is 8.18. The molecule has 2 aliphatic heterocycles. The van der Waals surface area contributed by atoms with E-state index in [0.717, 1.165) is 55.3 Å². The first-order chi connectivity index (χ1) is 22.2. The molecule has 4 aromatic rings. The Hall–Kier alpha value is -4.98. The number of piperazine rings is 1. The van der Waals surface area contributed by atoms with Crippen LogP contribution in [0.25, 0.3) is 0 Å². The van der Waals surface area contributed by atoms with Crippen LogP contribution in [0.1, 0.15) is 17.5 Å². The summed E-state index contributed by atoms with van der Waals surface area (Å²) in [5.41, 5.74) is 2.96. The van der Waals surface area contributed by atoms with Crippen LogP contribution in [-0.2, 0) is 19.7 Å². The fourth-order valence-corrected chi connectivity index (χ4v) is 5.39. The van der Waals surface area contributed by atoms with Crippen molar-refractivity contribution in [2.24, 2.45) is 0 Å². The van der Waals surface area contributed by atoms with E-state index in [1.165, 1.54) is 18.3 Å². The maximum Gasteiger partial charge on any atom is 0.573 e. The van der Waals surface area contributed by atoms with Gasteiger partial charge in [-0.3, -0.25) is 9.47 Å². The van der Waals surface area contributed by atoms with Gasteiger partial charge in [0.15, 0.2) is 0 Å². The molecule has 3 aromatic carbocycles. The summed E-state index contributed by atoms with van der Waals surface area (Å²) in [4.78, 5) is 19.1. The molecule has 3 heterocycles. The van der Waals surface area contributed by atoms with E-state index in [2.05, 4.69) is 25.6 Å². The topological polar surface area (TPSA) is 104 Å². The van der Waals surface area contributed by atoms with Gasteiger partial charge in [0.25, 0.3) is 0 Å². The first-order valence-corrected chi connectivity index (χ1v) is 14.8. The SMILES string of the molecule is O=[N+]([O-])c1cn2c(n1)O[C@@H](COc1ccc(N3CCN(Cc4cccc(OCc5ccc(OC(F)(F)F)cc5)c4)CC3)cc1)CC2. The number of rotatable bonds is 11. The Kier molecular flexibility index (Phi) is 9.15. The molecule has 11 nitrogen and oxygen atoms in total. The lowest BCUT2D eigenvalue weighted by molar-refractivity contribution is -0.389. The van der Waals surface area contributed by atoms with E-state index < -0.39 is 11.3 Å². The lowest BCUT2D eigenvalue weighted by atomic mass is 10.1. The van der Waals surface area contributed by atoms with Gasteiger partial charge in [-0.2, -0.15) is 0 Å². The molecule has 1 saturated heterocycles. The van der Waals surface area contributed by atoms with Gasteiger partial charge in [-0.05, 0) is 64.6 Å². The van der Waals surface area contributed by atoms with E-state index in [0.29, 0.717) is 25.3 Å². The molecule has 2 aliphatic rings. The van der Waals surface area contributed by atoms with Gasteiger partial charge in [-0.25, -0.2) is 0 Å². The highest BCUT2D eigenvalue weighted by Gasteiger charge is 2.31. The number of hydrogen-bond donors (Lipinski definition) is 0. The van der Waals surface area contributed by atoms with Crippen molar-refractivity contribution in [3.8, 4) is 23.3 Å². The summed E-state index contributed by atoms with van der Waals surface area (Å²) >= 11 is 0. The van der Waals surface area contributed by atoms with Crippen molar-refractivity contribution in [2.45, 2.75) is 38.6 Å². The number of alkyl halides is 3. The molecule has 0 spiro atoms. The summed E-state index contributed by atoms with van der Waals surface area (Å²) in [6.45, 7) is 5.44. The first kappa shape index (κ1) is 31.0. The van der Waals surface area contributed by atoms with E-state index in [4.69, 9.17) is 14.2 Å². The van der Waals surface area contributed by atoms with Gasteiger partial charge in [0.05, 0.1) is 0 Å². The van der Waals surface area contributed by atoms with Gasteiger partial charge in [0.1, 0.15) is 42.8 Å². The quantitative estimate of drug-likeness (QED) is 0.148. The standard InChI is InChI=1S/C32H32F3N5O6/c33-32(34,35)46-27-8-4-23(5-9-27)21-43-28-3-1-2-24(18-28)19-37-14-16-38(17-15-37)25-6-10-26(11-7-25)44-22-29-12-13-39-20-30(40(41)42)36-31(39)45-29/h1-11,18,20,29H,12-17,19,21-22H2/t29-/m1/s1. The average molecular weight is 640 g/mol. The molecule has 14 heteroatoms. The van der Waals surface area contributed by atoms with E-state index in [1.54, 1.807) is 16.7 Å². The molecule has 46 heavy (non-hydrogen) atoms. The molecule has 6 rings (SSSR count). The molecule has 0 radical (unpaired) electrons. The summed E-state index contributed by atoms with van der Waals surface area (Å²) in [7, 11) is 0. The molecular formula is C32H32F3N5O6. The second kappa shape index (κ2) is 13.6. The molecule has 1 aromatic heterocycles. The molecular weight excluding hydrogens is 607 g/mol. The number of fused-ring (bicyclic) bond motifs is 1. The van der Waals surface area contributed by atoms with Crippen molar-refractivity contribution < 1.29 is 37.0 Å². The minimum absolute atomic E-state index is 0.224. The van der Waals surface area contributed by atoms with E-state index >= 15 is 0 Å². The zero-order chi connectivity index (χ0) is 32.1. The first-order valence-electron chi connectivity index (χ1n) is 14.8. The van der Waals surface area contributed by atoms with Crippen LogP contribution in [0.4, 0.5) is 24.7 Å². The number of aryl methyl sites for hydroxylation is 1. The monoisotopic (exact) mass is 639 g/mol. The van der Waals surface area contributed by atoms with E-state index in [9.17, 15) is 23.3 Å². The van der Waals surface area contributed by atoms with Crippen molar-refractivity contribution in [1.29, 1.82) is 0 Å². The number of aromatic nitrogens is 2. The van der Waals surface area contributed by atoms with Crippen molar-refractivity contribution >= 4 is 11.5 Å². The number of benzene rings is 3. The molecule has 0 aliphatic carbocycles. The summed E-state index contributed by atoms with van der Waals surface area (Å²) in [5.74, 6) is 0.928. The fraction of sp³-hybridized carbons (Fsp3) is 0.344. The summed E-state index contributed by atoms with van der Waals surface area (Å²) < 4.78 is 60.3. The number of ether oxygens (including phenoxy) is 4. The van der Waals surface area contributed by atoms with Crippen LogP contribution in [0.2, 0.25) is 0 Å². The molecule has 0 unspecified atom stereocenters. The maximum atomic E-state index is 12.4. The number of halogens is 3. The molecule has 0 saturated carbocycles. The van der Waals surface area contributed by atoms with E-state index in [-0.39, 0.29) is 30.3 Å². The van der Waals surface area contributed by atoms with Gasteiger partial charge in [-0.15, -0.1) is 13.2 Å². The highest BCUT2D eigenvalue weighted by molar-refractivity contribution is 5.49. The second-order valence-electron chi connectivity index (χ2n) is 11.1. The number of hydrogen-bond acceptors (Lipinski definition) is 9. The number of anilines is 1. The van der Waals surface area contributed by atoms with Crippen LogP contribution < -0.4 is 23.8 Å².